The van der Waals surface area contributed by atoms with Gasteiger partial charge < -0.3 is 0 Å². The zero-order valence-electron chi connectivity index (χ0n) is 9.45. The van der Waals surface area contributed by atoms with Crippen molar-refractivity contribution in [3.63, 3.8) is 0 Å². The van der Waals surface area contributed by atoms with E-state index in [-0.39, 0.29) is 5.56 Å². The van der Waals surface area contributed by atoms with E-state index in [1.54, 1.807) is 23.3 Å². The molecule has 2 heterocycles. The second kappa shape index (κ2) is 4.29. The summed E-state index contributed by atoms with van der Waals surface area (Å²) in [4.78, 5) is 19.1. The molecule has 1 N–H and O–H groups in total. The van der Waals surface area contributed by atoms with Crippen LogP contribution in [0.4, 0.5) is 0 Å². The first-order chi connectivity index (χ1) is 8.83. The second-order valence-corrected chi connectivity index (χ2v) is 3.84. The predicted octanol–water partition coefficient (Wildman–Crippen LogP) is 1.62. The number of aromatic nitrogens is 4. The number of benzene rings is 1. The van der Waals surface area contributed by atoms with Crippen LogP contribution in [0.3, 0.4) is 0 Å². The van der Waals surface area contributed by atoms with Gasteiger partial charge in [-0.1, -0.05) is 12.1 Å². The van der Waals surface area contributed by atoms with Gasteiger partial charge in [-0.05, 0) is 17.7 Å². The first-order valence-corrected chi connectivity index (χ1v) is 5.46. The van der Waals surface area contributed by atoms with Gasteiger partial charge in [-0.2, -0.15) is 0 Å². The molecule has 0 radical (unpaired) electrons. The summed E-state index contributed by atoms with van der Waals surface area (Å²) >= 11 is 0. The topological polar surface area (TPSA) is 63.6 Å². The van der Waals surface area contributed by atoms with Crippen molar-refractivity contribution in [2.45, 2.75) is 0 Å². The summed E-state index contributed by atoms with van der Waals surface area (Å²) < 4.78 is 1.68. The van der Waals surface area contributed by atoms with E-state index in [2.05, 4.69) is 15.1 Å². The molecule has 0 aliphatic carbocycles. The van der Waals surface area contributed by atoms with E-state index in [9.17, 15) is 4.79 Å². The highest BCUT2D eigenvalue weighted by atomic mass is 16.1. The van der Waals surface area contributed by atoms with E-state index in [0.29, 0.717) is 0 Å². The molecule has 0 aliphatic rings. The SMILES string of the molecule is O=c1ccn(-c2cccc(-c3cncnc3)c2)[nH]1. The third-order valence-electron chi connectivity index (χ3n) is 2.62. The summed E-state index contributed by atoms with van der Waals surface area (Å²) in [6, 6.07) is 9.27. The van der Waals surface area contributed by atoms with E-state index < -0.39 is 0 Å². The lowest BCUT2D eigenvalue weighted by Crippen LogP contribution is -2.03. The Balaban J connectivity index is 2.07. The average Bonchev–Trinajstić information content (AvgIpc) is 2.87. The van der Waals surface area contributed by atoms with Gasteiger partial charge in [0, 0.05) is 30.2 Å². The largest absolute Gasteiger partial charge is 0.268 e. The molecule has 0 saturated heterocycles. The molecular weight excluding hydrogens is 228 g/mol. The molecule has 0 amide bonds. The number of rotatable bonds is 2. The molecule has 3 aromatic rings. The van der Waals surface area contributed by atoms with Crippen LogP contribution in [-0.2, 0) is 0 Å². The fraction of sp³-hybridized carbons (Fsp3) is 0. The normalized spacial score (nSPS) is 10.4. The highest BCUT2D eigenvalue weighted by Gasteiger charge is 2.01. The van der Waals surface area contributed by atoms with Crippen LogP contribution in [0.15, 0.2) is 60.0 Å². The maximum absolute atomic E-state index is 11.1. The van der Waals surface area contributed by atoms with Crippen molar-refractivity contribution < 1.29 is 0 Å². The highest BCUT2D eigenvalue weighted by Crippen LogP contribution is 2.19. The van der Waals surface area contributed by atoms with Crippen LogP contribution in [0.5, 0.6) is 0 Å². The molecule has 18 heavy (non-hydrogen) atoms. The number of aromatic amines is 1. The molecule has 0 saturated carbocycles. The van der Waals surface area contributed by atoms with Gasteiger partial charge >= 0.3 is 0 Å². The minimum absolute atomic E-state index is 0.122. The van der Waals surface area contributed by atoms with Crippen molar-refractivity contribution in [3.05, 3.63) is 65.6 Å². The highest BCUT2D eigenvalue weighted by molar-refractivity contribution is 5.64. The monoisotopic (exact) mass is 238 g/mol. The summed E-state index contributed by atoms with van der Waals surface area (Å²) in [5.41, 5.74) is 2.71. The number of H-pyrrole nitrogens is 1. The van der Waals surface area contributed by atoms with E-state index in [4.69, 9.17) is 0 Å². The van der Waals surface area contributed by atoms with Crippen LogP contribution >= 0.6 is 0 Å². The lowest BCUT2D eigenvalue weighted by Gasteiger charge is -2.05. The quantitative estimate of drug-likeness (QED) is 0.738. The average molecular weight is 238 g/mol. The maximum Gasteiger partial charge on any atom is 0.264 e. The van der Waals surface area contributed by atoms with Gasteiger partial charge in [0.1, 0.15) is 6.33 Å². The Morgan fingerprint density at radius 2 is 1.89 bits per heavy atom. The van der Waals surface area contributed by atoms with Crippen LogP contribution in [0, 0.1) is 0 Å². The van der Waals surface area contributed by atoms with Gasteiger partial charge in [-0.25, -0.2) is 9.97 Å². The first-order valence-electron chi connectivity index (χ1n) is 5.46. The molecule has 0 bridgehead atoms. The summed E-state index contributed by atoms with van der Waals surface area (Å²) in [5.74, 6) is 0. The van der Waals surface area contributed by atoms with Gasteiger partial charge in [0.15, 0.2) is 0 Å². The third-order valence-corrected chi connectivity index (χ3v) is 2.62. The number of hydrogen-bond donors (Lipinski definition) is 1. The van der Waals surface area contributed by atoms with Crippen LogP contribution in [0.1, 0.15) is 0 Å². The van der Waals surface area contributed by atoms with E-state index in [1.807, 2.05) is 24.3 Å². The summed E-state index contributed by atoms with van der Waals surface area (Å²) in [6.07, 6.45) is 6.70. The van der Waals surface area contributed by atoms with Crippen molar-refractivity contribution in [3.8, 4) is 16.8 Å². The molecule has 3 rings (SSSR count). The predicted molar refractivity (Wildman–Crippen MR) is 67.4 cm³/mol. The number of hydrogen-bond acceptors (Lipinski definition) is 3. The van der Waals surface area contributed by atoms with Crippen molar-refractivity contribution >= 4 is 0 Å². The van der Waals surface area contributed by atoms with Crippen LogP contribution in [0.25, 0.3) is 16.8 Å². The molecule has 2 aromatic heterocycles. The van der Waals surface area contributed by atoms with Crippen molar-refractivity contribution in [2.75, 3.05) is 0 Å². The Labute approximate surface area is 103 Å². The Bertz CT molecular complexity index is 715. The van der Waals surface area contributed by atoms with Crippen LogP contribution in [0.2, 0.25) is 0 Å². The van der Waals surface area contributed by atoms with Gasteiger partial charge in [-0.15, -0.1) is 0 Å². The van der Waals surface area contributed by atoms with Gasteiger partial charge in [0.2, 0.25) is 0 Å². The minimum atomic E-state index is -0.122. The molecule has 5 heteroatoms. The smallest absolute Gasteiger partial charge is 0.264 e. The molecule has 0 fully saturated rings. The van der Waals surface area contributed by atoms with Crippen LogP contribution < -0.4 is 5.56 Å². The van der Waals surface area contributed by atoms with E-state index >= 15 is 0 Å². The third kappa shape index (κ3) is 1.93. The molecular formula is C13H10N4O. The summed E-state index contributed by atoms with van der Waals surface area (Å²) in [7, 11) is 0. The Hall–Kier alpha value is -2.69. The lowest BCUT2D eigenvalue weighted by molar-refractivity contribution is 0.864. The molecule has 1 aromatic carbocycles. The lowest BCUT2D eigenvalue weighted by atomic mass is 10.1. The zero-order valence-corrected chi connectivity index (χ0v) is 9.45. The summed E-state index contributed by atoms with van der Waals surface area (Å²) in [5, 5.41) is 2.70. The molecule has 88 valence electrons. The van der Waals surface area contributed by atoms with Gasteiger partial charge in [-0.3, -0.25) is 14.6 Å². The number of nitrogens with one attached hydrogen (secondary N) is 1. The van der Waals surface area contributed by atoms with Crippen molar-refractivity contribution in [1.29, 1.82) is 0 Å². The second-order valence-electron chi connectivity index (χ2n) is 3.84. The molecule has 0 spiro atoms. The zero-order chi connectivity index (χ0) is 12.4. The van der Waals surface area contributed by atoms with E-state index in [0.717, 1.165) is 16.8 Å². The van der Waals surface area contributed by atoms with Crippen molar-refractivity contribution in [1.82, 2.24) is 19.7 Å². The van der Waals surface area contributed by atoms with E-state index in [1.165, 1.54) is 12.4 Å². The van der Waals surface area contributed by atoms with Gasteiger partial charge in [0.25, 0.3) is 5.56 Å². The molecule has 0 aliphatic heterocycles. The Morgan fingerprint density at radius 3 is 2.61 bits per heavy atom. The minimum Gasteiger partial charge on any atom is -0.268 e. The van der Waals surface area contributed by atoms with Crippen molar-refractivity contribution in [2.24, 2.45) is 0 Å². The fourth-order valence-corrected chi connectivity index (χ4v) is 1.77. The van der Waals surface area contributed by atoms with Crippen LogP contribution in [-0.4, -0.2) is 19.7 Å². The molecule has 0 unspecified atom stereocenters. The molecule has 0 atom stereocenters. The standard InChI is InChI=1S/C13H10N4O/c18-13-4-5-17(16-13)12-3-1-2-10(6-12)11-7-14-9-15-8-11/h1-9H,(H,16,18). The molecule has 5 nitrogen and oxygen atoms in total. The Kier molecular flexibility index (Phi) is 2.49. The summed E-state index contributed by atoms with van der Waals surface area (Å²) in [6.45, 7) is 0. The fourth-order valence-electron chi connectivity index (χ4n) is 1.77. The van der Waals surface area contributed by atoms with Gasteiger partial charge in [0.05, 0.1) is 5.69 Å². The Morgan fingerprint density at radius 1 is 1.06 bits per heavy atom. The maximum atomic E-state index is 11.1. The number of nitrogens with zero attached hydrogens (tertiary/aromatic N) is 3. The first kappa shape index (κ1) is 10.5.